The fourth-order valence-corrected chi connectivity index (χ4v) is 3.31. The molecule has 0 atom stereocenters. The first-order valence-electron chi connectivity index (χ1n) is 9.59. The number of rotatable bonds is 4. The lowest BCUT2D eigenvalue weighted by molar-refractivity contribution is 0.102. The van der Waals surface area contributed by atoms with E-state index in [4.69, 9.17) is 0 Å². The van der Waals surface area contributed by atoms with Crippen LogP contribution in [0.5, 0.6) is 0 Å². The summed E-state index contributed by atoms with van der Waals surface area (Å²) in [7, 11) is 0. The highest BCUT2D eigenvalue weighted by atomic mass is 19.1. The van der Waals surface area contributed by atoms with Crippen molar-refractivity contribution in [2.24, 2.45) is 5.10 Å². The van der Waals surface area contributed by atoms with Gasteiger partial charge in [0.1, 0.15) is 17.2 Å². The molecule has 1 aliphatic rings. The summed E-state index contributed by atoms with van der Waals surface area (Å²) in [6.07, 6.45) is 3.34. The molecule has 1 aliphatic heterocycles. The van der Waals surface area contributed by atoms with E-state index in [1.165, 1.54) is 12.1 Å². The van der Waals surface area contributed by atoms with Gasteiger partial charge in [0, 0.05) is 18.9 Å². The maximum absolute atomic E-state index is 13.5. The molecule has 2 aromatic heterocycles. The van der Waals surface area contributed by atoms with E-state index in [-0.39, 0.29) is 13.2 Å². The minimum absolute atomic E-state index is 0. The third-order valence-corrected chi connectivity index (χ3v) is 4.95. The minimum atomic E-state index is -0.340. The first-order valence-corrected chi connectivity index (χ1v) is 9.59. The highest BCUT2D eigenvalue weighted by Crippen LogP contribution is 2.24. The molecule has 1 amide bonds. The smallest absolute Gasteiger partial charge is 0.274 e. The van der Waals surface area contributed by atoms with E-state index in [9.17, 15) is 9.18 Å². The molecule has 5 rings (SSSR count). The number of nitrogens with one attached hydrogen (secondary N) is 3. The summed E-state index contributed by atoms with van der Waals surface area (Å²) in [6, 6.07) is 17.3. The van der Waals surface area contributed by atoms with Crippen LogP contribution >= 0.6 is 0 Å². The number of halogens is 1. The number of pyridine rings is 1. The molecule has 0 bridgehead atoms. The van der Waals surface area contributed by atoms with Crippen LogP contribution in [0, 0.1) is 12.7 Å². The number of benzene rings is 2. The number of nitrogens with zero attached hydrogens (tertiary/aromatic N) is 4. The maximum atomic E-state index is 13.5. The van der Waals surface area contributed by atoms with Crippen LogP contribution in [0.15, 0.2) is 78.2 Å². The van der Waals surface area contributed by atoms with Gasteiger partial charge in [-0.25, -0.2) is 9.37 Å². The van der Waals surface area contributed by atoms with E-state index in [0.29, 0.717) is 34.1 Å². The predicted octanol–water partition coefficient (Wildman–Crippen LogP) is 3.47. The number of hydrazine groups is 2. The quantitative estimate of drug-likeness (QED) is 0.473. The van der Waals surface area contributed by atoms with Crippen molar-refractivity contribution in [3.8, 4) is 0 Å². The van der Waals surface area contributed by atoms with E-state index < -0.39 is 0 Å². The zero-order valence-corrected chi connectivity index (χ0v) is 16.5. The monoisotopic (exact) mass is 417 g/mol. The Bertz CT molecular complexity index is 1340. The number of carbonyl (C=O) groups is 1. The van der Waals surface area contributed by atoms with Gasteiger partial charge in [0.15, 0.2) is 5.84 Å². The molecule has 0 spiro atoms. The Morgan fingerprint density at radius 3 is 2.90 bits per heavy atom. The number of hydrogen-bond donors (Lipinski definition) is 3. The van der Waals surface area contributed by atoms with Gasteiger partial charge in [-0.15, -0.1) is 5.10 Å². The summed E-state index contributed by atoms with van der Waals surface area (Å²) in [5.74, 6) is -0.123. The number of anilines is 2. The lowest BCUT2D eigenvalue weighted by atomic mass is 10.1. The summed E-state index contributed by atoms with van der Waals surface area (Å²) >= 11 is 0. The number of aryl methyl sites for hydroxylation is 1. The molecule has 0 aliphatic carbocycles. The number of aromatic nitrogens is 2. The molecule has 0 radical (unpaired) electrons. The number of carbonyl (C=O) groups excluding carboxylic acids is 1. The normalized spacial score (nSPS) is 13.0. The Morgan fingerprint density at radius 2 is 2.03 bits per heavy atom. The van der Waals surface area contributed by atoms with Crippen LogP contribution in [0.2, 0.25) is 0 Å². The molecule has 0 saturated heterocycles. The van der Waals surface area contributed by atoms with Crippen molar-refractivity contribution >= 4 is 28.8 Å². The Morgan fingerprint density at radius 1 is 1.13 bits per heavy atom. The van der Waals surface area contributed by atoms with Gasteiger partial charge in [-0.1, -0.05) is 24.3 Å². The zero-order valence-electron chi connectivity index (χ0n) is 16.5. The summed E-state index contributed by atoms with van der Waals surface area (Å²) < 4.78 is 15.2. The average molecular weight is 417 g/mol. The maximum Gasteiger partial charge on any atom is 0.274 e. The first kappa shape index (κ1) is 18.6. The number of amides is 1. The fraction of sp³-hybridized carbons (Fsp3) is 0.0455. The fourth-order valence-electron chi connectivity index (χ4n) is 3.31. The third kappa shape index (κ3) is 3.52. The highest BCUT2D eigenvalue weighted by Gasteiger charge is 2.19. The largest absolute Gasteiger partial charge is 0.320 e. The second-order valence-corrected chi connectivity index (χ2v) is 7.04. The molecule has 0 fully saturated rings. The predicted molar refractivity (Wildman–Crippen MR) is 118 cm³/mol. The van der Waals surface area contributed by atoms with E-state index in [2.05, 4.69) is 26.4 Å². The second kappa shape index (κ2) is 7.45. The highest BCUT2D eigenvalue weighted by molar-refractivity contribution is 6.04. The van der Waals surface area contributed by atoms with Crippen molar-refractivity contribution in [1.29, 1.82) is 0 Å². The van der Waals surface area contributed by atoms with Crippen molar-refractivity contribution in [3.63, 3.8) is 0 Å². The standard InChI is InChI=1S/C22H18FN7O.H2/c1-14-8-9-17(30-27-21(26-28-30)15-5-4-6-16(23)11-15)12-18(14)25-22(31)19-13-24-20-7-2-3-10-29(19)20;/h2-13,28H,1H3,(H,25,31)(H,26,27);1H. The molecule has 0 saturated carbocycles. The number of amidine groups is 1. The van der Waals surface area contributed by atoms with Crippen LogP contribution in [0.25, 0.3) is 5.65 Å². The molecule has 156 valence electrons. The third-order valence-electron chi connectivity index (χ3n) is 4.95. The van der Waals surface area contributed by atoms with Gasteiger partial charge in [-0.05, 0) is 48.9 Å². The van der Waals surface area contributed by atoms with Crippen LogP contribution in [0.1, 0.15) is 23.0 Å². The number of imidazole rings is 1. The Balaban J connectivity index is 0.00000245. The van der Waals surface area contributed by atoms with E-state index >= 15 is 0 Å². The molecule has 3 heterocycles. The van der Waals surface area contributed by atoms with Gasteiger partial charge in [-0.3, -0.25) is 14.6 Å². The Hall–Kier alpha value is -4.40. The van der Waals surface area contributed by atoms with Gasteiger partial charge in [-0.2, -0.15) is 10.7 Å². The SMILES string of the molecule is Cc1ccc(N2NN=C(c3cccc(F)c3)N2)cc1NC(=O)c1cnc2ccccn12.[HH]. The zero-order chi connectivity index (χ0) is 21.4. The van der Waals surface area contributed by atoms with Crippen LogP contribution in [0.4, 0.5) is 15.8 Å². The van der Waals surface area contributed by atoms with Crippen molar-refractivity contribution in [3.05, 3.63) is 95.7 Å². The topological polar surface area (TPSA) is 86.1 Å². The lowest BCUT2D eigenvalue weighted by Gasteiger charge is -2.19. The minimum Gasteiger partial charge on any atom is -0.320 e. The second-order valence-electron chi connectivity index (χ2n) is 7.04. The molecular formula is C22H20FN7O. The lowest BCUT2D eigenvalue weighted by Crippen LogP contribution is -2.41. The number of hydrogen-bond acceptors (Lipinski definition) is 6. The molecule has 2 aromatic carbocycles. The van der Waals surface area contributed by atoms with E-state index in [1.807, 2.05) is 43.3 Å². The average Bonchev–Trinajstić information content (AvgIpc) is 3.43. The van der Waals surface area contributed by atoms with Gasteiger partial charge in [0.25, 0.3) is 5.91 Å². The summed E-state index contributed by atoms with van der Waals surface area (Å²) in [6.45, 7) is 1.91. The molecule has 3 N–H and O–H groups in total. The number of hydrazone groups is 1. The summed E-state index contributed by atoms with van der Waals surface area (Å²) in [5.41, 5.74) is 9.95. The molecule has 31 heavy (non-hydrogen) atoms. The van der Waals surface area contributed by atoms with Crippen molar-refractivity contribution in [2.75, 3.05) is 10.4 Å². The molecule has 8 nitrogen and oxygen atoms in total. The van der Waals surface area contributed by atoms with Crippen molar-refractivity contribution in [2.45, 2.75) is 6.92 Å². The number of fused-ring (bicyclic) bond motifs is 1. The van der Waals surface area contributed by atoms with Crippen molar-refractivity contribution in [1.82, 2.24) is 20.3 Å². The molecular weight excluding hydrogens is 397 g/mol. The Labute approximate surface area is 178 Å². The van der Waals surface area contributed by atoms with E-state index in [0.717, 1.165) is 5.56 Å². The first-order chi connectivity index (χ1) is 15.1. The van der Waals surface area contributed by atoms with E-state index in [1.54, 1.807) is 34.0 Å². The molecule has 9 heteroatoms. The van der Waals surface area contributed by atoms with Crippen LogP contribution < -0.4 is 21.4 Å². The molecule has 4 aromatic rings. The Kier molecular flexibility index (Phi) is 4.47. The van der Waals surface area contributed by atoms with Gasteiger partial charge < -0.3 is 5.32 Å². The van der Waals surface area contributed by atoms with Crippen LogP contribution in [-0.4, -0.2) is 21.1 Å². The van der Waals surface area contributed by atoms with Gasteiger partial charge >= 0.3 is 0 Å². The summed E-state index contributed by atoms with van der Waals surface area (Å²) in [4.78, 5) is 17.1. The van der Waals surface area contributed by atoms with Crippen LogP contribution in [-0.2, 0) is 0 Å². The van der Waals surface area contributed by atoms with Gasteiger partial charge in [0.05, 0.1) is 11.9 Å². The van der Waals surface area contributed by atoms with Gasteiger partial charge in [0.2, 0.25) is 0 Å². The molecule has 0 unspecified atom stereocenters. The van der Waals surface area contributed by atoms with Crippen LogP contribution in [0.3, 0.4) is 0 Å². The summed E-state index contributed by atoms with van der Waals surface area (Å²) in [5, 5.41) is 8.75. The van der Waals surface area contributed by atoms with Crippen molar-refractivity contribution < 1.29 is 10.6 Å².